The minimum atomic E-state index is -2.87. The van der Waals surface area contributed by atoms with Crippen molar-refractivity contribution in [2.75, 3.05) is 7.05 Å². The predicted molar refractivity (Wildman–Crippen MR) is 90.7 cm³/mol. The number of amides is 1. The van der Waals surface area contributed by atoms with Gasteiger partial charge in [0.2, 0.25) is 0 Å². The van der Waals surface area contributed by atoms with Crippen molar-refractivity contribution in [1.29, 1.82) is 0 Å². The molecule has 0 saturated carbocycles. The Morgan fingerprint density at radius 3 is 2.56 bits per heavy atom. The quantitative estimate of drug-likeness (QED) is 0.643. The molecule has 0 fully saturated rings. The molecule has 0 atom stereocenters. The fraction of sp³-hybridized carbons (Fsp3) is 0.167. The second-order valence-electron chi connectivity index (χ2n) is 5.45. The molecule has 25 heavy (non-hydrogen) atoms. The van der Waals surface area contributed by atoms with E-state index in [1.807, 2.05) is 0 Å². The number of hydrogen-bond donors (Lipinski definition) is 0. The summed E-state index contributed by atoms with van der Waals surface area (Å²) in [5, 5.41) is 0.428. The van der Waals surface area contributed by atoms with E-state index >= 15 is 0 Å². The van der Waals surface area contributed by atoms with Crippen molar-refractivity contribution in [2.24, 2.45) is 0 Å². The van der Waals surface area contributed by atoms with Crippen LogP contribution in [0, 0.1) is 5.82 Å². The van der Waals surface area contributed by atoms with Gasteiger partial charge in [0.1, 0.15) is 11.6 Å². The monoisotopic (exact) mass is 365 g/mol. The lowest BCUT2D eigenvalue weighted by Crippen LogP contribution is -2.25. The normalized spacial score (nSPS) is 11.1. The summed E-state index contributed by atoms with van der Waals surface area (Å²) < 4.78 is 43.0. The van der Waals surface area contributed by atoms with Crippen molar-refractivity contribution in [3.8, 4) is 5.75 Å². The zero-order chi connectivity index (χ0) is 18.0. The van der Waals surface area contributed by atoms with Crippen molar-refractivity contribution in [1.82, 2.24) is 4.90 Å². The zero-order valence-electron chi connectivity index (χ0n) is 13.2. The molecule has 3 aromatic rings. The maximum atomic E-state index is 13.8. The molecule has 3 nitrogen and oxygen atoms in total. The van der Waals surface area contributed by atoms with Gasteiger partial charge in [-0.2, -0.15) is 8.78 Å². The van der Waals surface area contributed by atoms with Gasteiger partial charge < -0.3 is 9.64 Å². The third-order valence-electron chi connectivity index (χ3n) is 3.63. The summed E-state index contributed by atoms with van der Waals surface area (Å²) in [5.74, 6) is -0.522. The first kappa shape index (κ1) is 17.3. The maximum Gasteiger partial charge on any atom is 0.387 e. The molecule has 0 unspecified atom stereocenters. The maximum absolute atomic E-state index is 13.8. The highest BCUT2D eigenvalue weighted by atomic mass is 32.1. The number of hydrogen-bond acceptors (Lipinski definition) is 3. The number of rotatable bonds is 5. The summed E-state index contributed by atoms with van der Waals surface area (Å²) in [7, 11) is 1.63. The molecule has 0 aliphatic carbocycles. The zero-order valence-corrected chi connectivity index (χ0v) is 14.0. The van der Waals surface area contributed by atoms with E-state index in [2.05, 4.69) is 4.74 Å². The van der Waals surface area contributed by atoms with Gasteiger partial charge in [-0.15, -0.1) is 11.3 Å². The van der Waals surface area contributed by atoms with E-state index < -0.39 is 6.61 Å². The lowest BCUT2D eigenvalue weighted by atomic mass is 10.2. The van der Waals surface area contributed by atoms with Crippen molar-refractivity contribution in [2.45, 2.75) is 13.2 Å². The van der Waals surface area contributed by atoms with Crippen LogP contribution < -0.4 is 4.74 Å². The first-order valence-electron chi connectivity index (χ1n) is 7.41. The average molecular weight is 365 g/mol. The number of halogens is 3. The lowest BCUT2D eigenvalue weighted by Gasteiger charge is -2.16. The number of alkyl halides is 2. The van der Waals surface area contributed by atoms with Crippen molar-refractivity contribution >= 4 is 27.3 Å². The van der Waals surface area contributed by atoms with Gasteiger partial charge in [-0.25, -0.2) is 4.39 Å². The summed E-state index contributed by atoms with van der Waals surface area (Å²) in [6, 6.07) is 12.4. The number of ether oxygens (including phenoxy) is 1. The van der Waals surface area contributed by atoms with E-state index in [1.165, 1.54) is 34.4 Å². The van der Waals surface area contributed by atoms with Gasteiger partial charge in [0.25, 0.3) is 5.91 Å². The fourth-order valence-electron chi connectivity index (χ4n) is 2.44. The van der Waals surface area contributed by atoms with Gasteiger partial charge in [-0.3, -0.25) is 4.79 Å². The minimum absolute atomic E-state index is 0.0627. The first-order chi connectivity index (χ1) is 11.9. The summed E-state index contributed by atoms with van der Waals surface area (Å²) in [6.45, 7) is -2.58. The number of nitrogens with zero attached hydrogens (tertiary/aromatic N) is 1. The molecule has 0 spiro atoms. The Kier molecular flexibility index (Phi) is 4.94. The molecule has 7 heteroatoms. The topological polar surface area (TPSA) is 29.5 Å². The molecular formula is C18H14F3NO2S. The molecule has 3 rings (SSSR count). The Morgan fingerprint density at radius 1 is 1.20 bits per heavy atom. The SMILES string of the molecule is CN(Cc1ccc(OC(F)F)cc1)C(=O)c1cc2c(F)cccc2s1. The van der Waals surface area contributed by atoms with Crippen LogP contribution in [0.1, 0.15) is 15.2 Å². The van der Waals surface area contributed by atoms with Crippen LogP contribution in [-0.2, 0) is 6.54 Å². The Labute approximate surface area is 146 Å². The van der Waals surface area contributed by atoms with Gasteiger partial charge in [0.15, 0.2) is 0 Å². The summed E-state index contributed by atoms with van der Waals surface area (Å²) in [6.07, 6.45) is 0. The second-order valence-corrected chi connectivity index (χ2v) is 6.53. The van der Waals surface area contributed by atoms with Crippen molar-refractivity contribution < 1.29 is 22.7 Å². The van der Waals surface area contributed by atoms with Crippen LogP contribution in [0.2, 0.25) is 0 Å². The molecule has 0 aliphatic rings. The van der Waals surface area contributed by atoms with Crippen LogP contribution in [0.15, 0.2) is 48.5 Å². The van der Waals surface area contributed by atoms with E-state index in [0.717, 1.165) is 5.56 Å². The van der Waals surface area contributed by atoms with Crippen LogP contribution in [0.5, 0.6) is 5.75 Å². The molecular weight excluding hydrogens is 351 g/mol. The van der Waals surface area contributed by atoms with Crippen LogP contribution in [-0.4, -0.2) is 24.5 Å². The standard InChI is InChI=1S/C18H14F3NO2S/c1-22(10-11-5-7-12(8-6-11)24-18(20)21)17(23)16-9-13-14(19)3-2-4-15(13)25-16/h2-9,18H,10H2,1H3. The summed E-state index contributed by atoms with van der Waals surface area (Å²) in [4.78, 5) is 14.5. The molecule has 1 amide bonds. The first-order valence-corrected chi connectivity index (χ1v) is 8.23. The average Bonchev–Trinajstić information content (AvgIpc) is 3.01. The predicted octanol–water partition coefficient (Wildman–Crippen LogP) is 4.91. The molecule has 0 bridgehead atoms. The minimum Gasteiger partial charge on any atom is -0.435 e. The molecule has 0 aliphatic heterocycles. The number of thiophene rings is 1. The molecule has 0 saturated heterocycles. The van der Waals surface area contributed by atoms with Gasteiger partial charge in [0.05, 0.1) is 4.88 Å². The second kappa shape index (κ2) is 7.14. The third-order valence-corrected chi connectivity index (χ3v) is 4.72. The molecule has 1 aromatic heterocycles. The van der Waals surface area contributed by atoms with E-state index in [1.54, 1.807) is 37.4 Å². The van der Waals surface area contributed by atoms with Crippen molar-refractivity contribution in [3.63, 3.8) is 0 Å². The van der Waals surface area contributed by atoms with Crippen LogP contribution in [0.25, 0.3) is 10.1 Å². The van der Waals surface area contributed by atoms with E-state index in [9.17, 15) is 18.0 Å². The van der Waals surface area contributed by atoms with Crippen molar-refractivity contribution in [3.05, 3.63) is 64.8 Å². The number of benzene rings is 2. The van der Waals surface area contributed by atoms with E-state index in [-0.39, 0.29) is 17.5 Å². The summed E-state index contributed by atoms with van der Waals surface area (Å²) in [5.41, 5.74) is 0.768. The molecule has 2 aromatic carbocycles. The lowest BCUT2D eigenvalue weighted by molar-refractivity contribution is -0.0498. The highest BCUT2D eigenvalue weighted by Gasteiger charge is 2.16. The Hall–Kier alpha value is -2.54. The Balaban J connectivity index is 1.72. The Morgan fingerprint density at radius 2 is 1.92 bits per heavy atom. The molecule has 1 heterocycles. The van der Waals surface area contributed by atoms with Gasteiger partial charge in [-0.1, -0.05) is 18.2 Å². The number of carbonyl (C=O) groups excluding carboxylic acids is 1. The van der Waals surface area contributed by atoms with E-state index in [4.69, 9.17) is 0 Å². The van der Waals surface area contributed by atoms with Crippen LogP contribution >= 0.6 is 11.3 Å². The van der Waals surface area contributed by atoms with E-state index in [0.29, 0.717) is 21.5 Å². The number of carbonyl (C=O) groups is 1. The smallest absolute Gasteiger partial charge is 0.387 e. The fourth-order valence-corrected chi connectivity index (χ4v) is 3.51. The highest BCUT2D eigenvalue weighted by Crippen LogP contribution is 2.28. The summed E-state index contributed by atoms with van der Waals surface area (Å²) >= 11 is 1.23. The van der Waals surface area contributed by atoms with Crippen LogP contribution in [0.4, 0.5) is 13.2 Å². The van der Waals surface area contributed by atoms with Crippen LogP contribution in [0.3, 0.4) is 0 Å². The van der Waals surface area contributed by atoms with Gasteiger partial charge in [0, 0.05) is 23.7 Å². The molecule has 130 valence electrons. The highest BCUT2D eigenvalue weighted by molar-refractivity contribution is 7.20. The number of fused-ring (bicyclic) bond motifs is 1. The molecule has 0 N–H and O–H groups in total. The molecule has 0 radical (unpaired) electrons. The van der Waals surface area contributed by atoms with Gasteiger partial charge in [-0.05, 0) is 35.9 Å². The Bertz CT molecular complexity index is 893. The largest absolute Gasteiger partial charge is 0.435 e. The third kappa shape index (κ3) is 3.93. The van der Waals surface area contributed by atoms with Gasteiger partial charge >= 0.3 is 6.61 Å².